The summed E-state index contributed by atoms with van der Waals surface area (Å²) in [5.41, 5.74) is 3.06. The van der Waals surface area contributed by atoms with Crippen LogP contribution in [0.15, 0.2) is 24.3 Å². The number of urea groups is 1. The van der Waals surface area contributed by atoms with Crippen molar-refractivity contribution in [3.05, 3.63) is 30.1 Å². The molecule has 2 rings (SSSR count). The zero-order valence-corrected chi connectivity index (χ0v) is 15.1. The zero-order chi connectivity index (χ0) is 21.1. The van der Waals surface area contributed by atoms with Crippen molar-refractivity contribution >= 4 is 23.5 Å². The molecule has 0 heterocycles. The number of nitrogens with two attached hydrogens (primary N) is 1. The first-order valence-corrected chi connectivity index (χ1v) is 8.54. The fraction of sp³-hybridized carbons (Fsp3) is 0.471. The number of carbonyl (C=O) groups is 3. The van der Waals surface area contributed by atoms with Crippen molar-refractivity contribution in [2.24, 2.45) is 5.73 Å². The van der Waals surface area contributed by atoms with Gasteiger partial charge in [-0.25, -0.2) is 9.18 Å². The van der Waals surface area contributed by atoms with Gasteiger partial charge in [-0.3, -0.25) is 9.59 Å². The van der Waals surface area contributed by atoms with E-state index in [0.717, 1.165) is 6.07 Å². The molecule has 28 heavy (non-hydrogen) atoms. The Morgan fingerprint density at radius 1 is 1.29 bits per heavy atom. The Morgan fingerprint density at radius 2 is 1.96 bits per heavy atom. The van der Waals surface area contributed by atoms with Crippen molar-refractivity contribution in [3.63, 3.8) is 0 Å². The number of carbonyl (C=O) groups excluding carboxylic acids is 3. The van der Waals surface area contributed by atoms with Gasteiger partial charge in [0, 0.05) is 18.5 Å². The van der Waals surface area contributed by atoms with E-state index < -0.39 is 66.4 Å². The number of amides is 4. The van der Waals surface area contributed by atoms with E-state index in [2.05, 4.69) is 16.0 Å². The van der Waals surface area contributed by atoms with Crippen LogP contribution in [0.2, 0.25) is 0 Å². The summed E-state index contributed by atoms with van der Waals surface area (Å²) in [5, 5.41) is 37.6. The van der Waals surface area contributed by atoms with Gasteiger partial charge in [-0.05, 0) is 25.1 Å². The third kappa shape index (κ3) is 5.15. The van der Waals surface area contributed by atoms with Crippen molar-refractivity contribution in [1.82, 2.24) is 10.6 Å². The normalized spacial score (nSPS) is 28.1. The Bertz CT molecular complexity index is 763. The first-order valence-electron chi connectivity index (χ1n) is 8.54. The smallest absolute Gasteiger partial charge is 0.319 e. The van der Waals surface area contributed by atoms with E-state index in [1.807, 2.05) is 0 Å². The number of rotatable bonds is 5. The van der Waals surface area contributed by atoms with E-state index in [4.69, 9.17) is 5.73 Å². The van der Waals surface area contributed by atoms with Gasteiger partial charge in [-0.2, -0.15) is 0 Å². The minimum Gasteiger partial charge on any atom is -0.390 e. The van der Waals surface area contributed by atoms with E-state index in [-0.39, 0.29) is 5.69 Å². The molecule has 1 aliphatic carbocycles. The molecule has 0 unspecified atom stereocenters. The van der Waals surface area contributed by atoms with E-state index in [0.29, 0.717) is 0 Å². The van der Waals surface area contributed by atoms with Crippen molar-refractivity contribution in [3.8, 4) is 0 Å². The van der Waals surface area contributed by atoms with Crippen LogP contribution >= 0.6 is 0 Å². The lowest BCUT2D eigenvalue weighted by Crippen LogP contribution is -2.64. The number of primary amides is 1. The molecule has 1 aromatic rings. The van der Waals surface area contributed by atoms with Gasteiger partial charge in [-0.1, -0.05) is 6.07 Å². The van der Waals surface area contributed by atoms with E-state index in [1.165, 1.54) is 25.1 Å². The van der Waals surface area contributed by atoms with Crippen LogP contribution in [0.1, 0.15) is 19.8 Å². The van der Waals surface area contributed by atoms with E-state index in [9.17, 15) is 34.1 Å². The SMILES string of the molecule is C[C@@H](NC(=O)[C@]1(O)C[C@@H](O)[C@H](O)[C@@H](NC(=O)Nc2cccc(F)c2)C1)C(N)=O. The lowest BCUT2D eigenvalue weighted by Gasteiger charge is -2.41. The van der Waals surface area contributed by atoms with Crippen LogP contribution in [-0.4, -0.2) is 63.1 Å². The molecule has 0 aliphatic heterocycles. The summed E-state index contributed by atoms with van der Waals surface area (Å²) in [5.74, 6) is -2.36. The van der Waals surface area contributed by atoms with Crippen LogP contribution < -0.4 is 21.7 Å². The Morgan fingerprint density at radius 3 is 2.57 bits per heavy atom. The fourth-order valence-electron chi connectivity index (χ4n) is 2.93. The van der Waals surface area contributed by atoms with Crippen LogP contribution in [-0.2, 0) is 9.59 Å². The molecule has 5 atom stereocenters. The van der Waals surface area contributed by atoms with Gasteiger partial charge in [0.25, 0.3) is 5.91 Å². The summed E-state index contributed by atoms with van der Waals surface area (Å²) in [7, 11) is 0. The molecule has 4 amide bonds. The monoisotopic (exact) mass is 398 g/mol. The highest BCUT2D eigenvalue weighted by Gasteiger charge is 2.49. The van der Waals surface area contributed by atoms with E-state index in [1.54, 1.807) is 0 Å². The standard InChI is InChI=1S/C17H23FN4O6/c1-8(14(19)25)20-15(26)17(28)6-11(13(24)12(23)7-17)22-16(27)21-10-4-2-3-9(18)5-10/h2-5,8,11-13,23-24,28H,6-7H2,1H3,(H2,19,25)(H,20,26)(H2,21,22,27)/t8-,11+,12-,13-,17-/m1/s1. The molecule has 0 radical (unpaired) electrons. The maximum atomic E-state index is 13.2. The van der Waals surface area contributed by atoms with Crippen LogP contribution in [0.5, 0.6) is 0 Å². The van der Waals surface area contributed by atoms with Crippen molar-refractivity contribution in [2.75, 3.05) is 5.32 Å². The number of hydrogen-bond donors (Lipinski definition) is 7. The molecule has 0 spiro atoms. The number of aliphatic hydroxyl groups excluding tert-OH is 2. The molecule has 0 aromatic heterocycles. The maximum Gasteiger partial charge on any atom is 0.319 e. The fourth-order valence-corrected chi connectivity index (χ4v) is 2.93. The minimum absolute atomic E-state index is 0.145. The number of benzene rings is 1. The average molecular weight is 398 g/mol. The van der Waals surface area contributed by atoms with Gasteiger partial charge >= 0.3 is 6.03 Å². The van der Waals surface area contributed by atoms with Gasteiger partial charge in [0.05, 0.1) is 12.1 Å². The number of anilines is 1. The van der Waals surface area contributed by atoms with Gasteiger partial charge in [0.1, 0.15) is 23.6 Å². The molecule has 0 saturated heterocycles. The summed E-state index contributed by atoms with van der Waals surface area (Å²) in [4.78, 5) is 35.5. The molecule has 1 saturated carbocycles. The molecule has 1 aliphatic rings. The lowest BCUT2D eigenvalue weighted by atomic mass is 9.77. The highest BCUT2D eigenvalue weighted by atomic mass is 19.1. The second kappa shape index (κ2) is 8.50. The van der Waals surface area contributed by atoms with Crippen LogP contribution in [0.4, 0.5) is 14.9 Å². The number of aliphatic hydroxyl groups is 3. The Labute approximate surface area is 159 Å². The summed E-state index contributed by atoms with van der Waals surface area (Å²) in [6.45, 7) is 1.32. The largest absolute Gasteiger partial charge is 0.390 e. The molecule has 0 bridgehead atoms. The molecule has 154 valence electrons. The van der Waals surface area contributed by atoms with Crippen molar-refractivity contribution < 1.29 is 34.1 Å². The van der Waals surface area contributed by atoms with Gasteiger partial charge in [-0.15, -0.1) is 0 Å². The maximum absolute atomic E-state index is 13.2. The van der Waals surface area contributed by atoms with Crippen LogP contribution in [0.3, 0.4) is 0 Å². The van der Waals surface area contributed by atoms with Crippen LogP contribution in [0.25, 0.3) is 0 Å². The second-order valence-corrected chi connectivity index (χ2v) is 6.81. The van der Waals surface area contributed by atoms with Gasteiger partial charge in [0.15, 0.2) is 0 Å². The number of nitrogens with one attached hydrogen (secondary N) is 3. The van der Waals surface area contributed by atoms with E-state index >= 15 is 0 Å². The van der Waals surface area contributed by atoms with Gasteiger partial charge in [0.2, 0.25) is 5.91 Å². The summed E-state index contributed by atoms with van der Waals surface area (Å²) < 4.78 is 13.2. The second-order valence-electron chi connectivity index (χ2n) is 6.81. The molecule has 10 nitrogen and oxygen atoms in total. The number of hydrogen-bond acceptors (Lipinski definition) is 6. The first-order chi connectivity index (χ1) is 13.0. The molecular formula is C17H23FN4O6. The Balaban J connectivity index is 2.07. The molecule has 8 N–H and O–H groups in total. The number of halogens is 1. The third-order valence-electron chi connectivity index (χ3n) is 4.51. The van der Waals surface area contributed by atoms with Crippen LogP contribution in [0, 0.1) is 5.82 Å². The minimum atomic E-state index is -2.15. The molecular weight excluding hydrogens is 375 g/mol. The summed E-state index contributed by atoms with van der Waals surface area (Å²) >= 11 is 0. The highest BCUT2D eigenvalue weighted by molar-refractivity contribution is 5.91. The third-order valence-corrected chi connectivity index (χ3v) is 4.51. The summed E-state index contributed by atoms with van der Waals surface area (Å²) in [6, 6.07) is 1.98. The summed E-state index contributed by atoms with van der Waals surface area (Å²) in [6.07, 6.45) is -3.92. The average Bonchev–Trinajstić information content (AvgIpc) is 2.59. The van der Waals surface area contributed by atoms with Crippen molar-refractivity contribution in [1.29, 1.82) is 0 Å². The topological polar surface area (TPSA) is 174 Å². The molecule has 11 heteroatoms. The highest BCUT2D eigenvalue weighted by Crippen LogP contribution is 2.30. The zero-order valence-electron chi connectivity index (χ0n) is 15.1. The van der Waals surface area contributed by atoms with Crippen molar-refractivity contribution in [2.45, 2.75) is 49.7 Å². The first kappa shape index (κ1) is 21.5. The molecule has 1 fully saturated rings. The Hall–Kier alpha value is -2.76. The predicted octanol–water partition coefficient (Wildman–Crippen LogP) is -1.45. The predicted molar refractivity (Wildman–Crippen MR) is 95.3 cm³/mol. The Kier molecular flexibility index (Phi) is 6.54. The quantitative estimate of drug-likeness (QED) is 0.319. The van der Waals surface area contributed by atoms with Gasteiger partial charge < -0.3 is 37.0 Å². The lowest BCUT2D eigenvalue weighted by molar-refractivity contribution is -0.158. The molecule has 1 aromatic carbocycles.